The third kappa shape index (κ3) is 0.957. The van der Waals surface area contributed by atoms with E-state index in [0.717, 1.165) is 18.1 Å². The molecule has 1 saturated heterocycles. The lowest BCUT2D eigenvalue weighted by molar-refractivity contribution is -0.120. The van der Waals surface area contributed by atoms with Gasteiger partial charge in [0.2, 0.25) is 5.91 Å². The second-order valence-electron chi connectivity index (χ2n) is 3.57. The Morgan fingerprint density at radius 2 is 2.23 bits per heavy atom. The van der Waals surface area contributed by atoms with Crippen molar-refractivity contribution in [3.8, 4) is 0 Å². The van der Waals surface area contributed by atoms with Gasteiger partial charge in [-0.2, -0.15) is 0 Å². The molecule has 2 N–H and O–H groups in total. The lowest BCUT2D eigenvalue weighted by Gasteiger charge is -2.24. The molecule has 13 heavy (non-hydrogen) atoms. The summed E-state index contributed by atoms with van der Waals surface area (Å²) >= 11 is 1.62. The number of carbonyl (C=O) groups is 1. The molecule has 3 heterocycles. The van der Waals surface area contributed by atoms with Gasteiger partial charge in [-0.3, -0.25) is 4.79 Å². The molecule has 1 amide bonds. The Kier molecular flexibility index (Phi) is 1.48. The van der Waals surface area contributed by atoms with E-state index < -0.39 is 0 Å². The first-order valence-electron chi connectivity index (χ1n) is 4.45. The number of hydrogen-bond acceptors (Lipinski definition) is 3. The van der Waals surface area contributed by atoms with Crippen molar-refractivity contribution in [2.45, 2.75) is 5.92 Å². The van der Waals surface area contributed by atoms with Gasteiger partial charge >= 0.3 is 0 Å². The van der Waals surface area contributed by atoms with Crippen molar-refractivity contribution < 1.29 is 4.79 Å². The van der Waals surface area contributed by atoms with Crippen LogP contribution in [-0.2, 0) is 4.79 Å². The van der Waals surface area contributed by atoms with Crippen LogP contribution in [0.2, 0.25) is 0 Å². The van der Waals surface area contributed by atoms with E-state index in [-0.39, 0.29) is 11.8 Å². The highest BCUT2D eigenvalue weighted by molar-refractivity contribution is 7.14. The topological polar surface area (TPSA) is 41.1 Å². The molecule has 0 bridgehead atoms. The first kappa shape index (κ1) is 7.53. The highest BCUT2D eigenvalue weighted by atomic mass is 32.1. The monoisotopic (exact) mass is 194 g/mol. The van der Waals surface area contributed by atoms with E-state index in [9.17, 15) is 4.79 Å². The lowest BCUT2D eigenvalue weighted by Crippen LogP contribution is -2.31. The summed E-state index contributed by atoms with van der Waals surface area (Å²) in [7, 11) is 0. The van der Waals surface area contributed by atoms with Crippen molar-refractivity contribution in [2.75, 3.05) is 18.4 Å². The molecule has 3 rings (SSSR count). The van der Waals surface area contributed by atoms with Gasteiger partial charge in [-0.25, -0.2) is 0 Å². The zero-order chi connectivity index (χ0) is 8.84. The summed E-state index contributed by atoms with van der Waals surface area (Å²) in [6.07, 6.45) is 0. The van der Waals surface area contributed by atoms with Crippen LogP contribution in [0.15, 0.2) is 11.4 Å². The van der Waals surface area contributed by atoms with Crippen molar-refractivity contribution in [3.63, 3.8) is 0 Å². The van der Waals surface area contributed by atoms with Gasteiger partial charge in [0.05, 0.1) is 10.9 Å². The van der Waals surface area contributed by atoms with Crippen molar-refractivity contribution in [3.05, 3.63) is 17.0 Å². The van der Waals surface area contributed by atoms with Gasteiger partial charge in [0.15, 0.2) is 0 Å². The second kappa shape index (κ2) is 2.56. The standard InChI is InChI=1S/C9H10N2OS/c12-8-7-4-10-3-6(7)5-1-2-13-9(5)11-8/h1-2,6-7,10H,3-4H2,(H,11,12)/t6-,7-/m1/s1. The molecule has 0 aromatic carbocycles. The van der Waals surface area contributed by atoms with Crippen molar-refractivity contribution in [2.24, 2.45) is 5.92 Å². The van der Waals surface area contributed by atoms with E-state index in [1.807, 2.05) is 5.38 Å². The molecule has 2 aliphatic rings. The molecule has 1 fully saturated rings. The quantitative estimate of drug-likeness (QED) is 0.647. The van der Waals surface area contributed by atoms with Gasteiger partial charge in [-0.15, -0.1) is 11.3 Å². The number of rotatable bonds is 0. The zero-order valence-corrected chi connectivity index (χ0v) is 7.86. The van der Waals surface area contributed by atoms with Crippen LogP contribution in [0, 0.1) is 5.92 Å². The molecule has 0 spiro atoms. The summed E-state index contributed by atoms with van der Waals surface area (Å²) < 4.78 is 0. The molecule has 0 saturated carbocycles. The molecule has 1 aromatic rings. The lowest BCUT2D eigenvalue weighted by atomic mass is 9.87. The van der Waals surface area contributed by atoms with Crippen LogP contribution < -0.4 is 10.6 Å². The molecule has 4 heteroatoms. The molecule has 2 atom stereocenters. The summed E-state index contributed by atoms with van der Waals surface area (Å²) in [4.78, 5) is 11.6. The summed E-state index contributed by atoms with van der Waals surface area (Å²) in [5.74, 6) is 0.752. The summed E-state index contributed by atoms with van der Waals surface area (Å²) in [5.41, 5.74) is 1.32. The fourth-order valence-electron chi connectivity index (χ4n) is 2.20. The smallest absolute Gasteiger partial charge is 0.230 e. The van der Waals surface area contributed by atoms with Crippen LogP contribution in [-0.4, -0.2) is 19.0 Å². The van der Waals surface area contributed by atoms with Crippen LogP contribution in [0.25, 0.3) is 0 Å². The Morgan fingerprint density at radius 1 is 1.38 bits per heavy atom. The van der Waals surface area contributed by atoms with Crippen molar-refractivity contribution >= 4 is 22.2 Å². The van der Waals surface area contributed by atoms with E-state index in [2.05, 4.69) is 16.7 Å². The average Bonchev–Trinajstić information content (AvgIpc) is 2.66. The molecule has 68 valence electrons. The molecule has 0 radical (unpaired) electrons. The van der Waals surface area contributed by atoms with Crippen LogP contribution in [0.5, 0.6) is 0 Å². The van der Waals surface area contributed by atoms with Crippen molar-refractivity contribution in [1.29, 1.82) is 0 Å². The van der Waals surface area contributed by atoms with Gasteiger partial charge < -0.3 is 10.6 Å². The predicted molar refractivity (Wildman–Crippen MR) is 52.0 cm³/mol. The van der Waals surface area contributed by atoms with Gasteiger partial charge in [-0.05, 0) is 17.0 Å². The van der Waals surface area contributed by atoms with Gasteiger partial charge in [0.1, 0.15) is 0 Å². The number of hydrogen-bond donors (Lipinski definition) is 2. The first-order chi connectivity index (χ1) is 6.36. The average molecular weight is 194 g/mol. The van der Waals surface area contributed by atoms with Crippen molar-refractivity contribution in [1.82, 2.24) is 5.32 Å². The normalized spacial score (nSPS) is 30.9. The summed E-state index contributed by atoms with van der Waals surface area (Å²) in [5, 5.41) is 9.32. The molecular formula is C9H10N2OS. The largest absolute Gasteiger partial charge is 0.317 e. The molecule has 0 unspecified atom stereocenters. The van der Waals surface area contributed by atoms with Gasteiger partial charge in [0, 0.05) is 19.0 Å². The summed E-state index contributed by atoms with van der Waals surface area (Å²) in [6.45, 7) is 1.77. The molecule has 0 aliphatic carbocycles. The highest BCUT2D eigenvalue weighted by Gasteiger charge is 2.39. The first-order valence-corrected chi connectivity index (χ1v) is 5.33. The van der Waals surface area contributed by atoms with Crippen LogP contribution in [0.4, 0.5) is 5.00 Å². The van der Waals surface area contributed by atoms with Gasteiger partial charge in [0.25, 0.3) is 0 Å². The minimum atomic E-state index is 0.155. The second-order valence-corrected chi connectivity index (χ2v) is 4.48. The molecular weight excluding hydrogens is 184 g/mol. The Bertz CT molecular complexity index is 360. The van der Waals surface area contributed by atoms with E-state index in [0.29, 0.717) is 5.92 Å². The predicted octanol–water partition coefficient (Wildman–Crippen LogP) is 1.00. The highest BCUT2D eigenvalue weighted by Crippen LogP contribution is 2.40. The molecule has 3 nitrogen and oxygen atoms in total. The molecule has 1 aromatic heterocycles. The van der Waals surface area contributed by atoms with E-state index >= 15 is 0 Å². The third-order valence-electron chi connectivity index (χ3n) is 2.88. The van der Waals surface area contributed by atoms with E-state index in [1.165, 1.54) is 5.56 Å². The fraction of sp³-hybridized carbons (Fsp3) is 0.444. The minimum absolute atomic E-state index is 0.155. The Balaban J connectivity index is 2.10. The molecule has 2 aliphatic heterocycles. The maximum Gasteiger partial charge on any atom is 0.230 e. The summed E-state index contributed by atoms with van der Waals surface area (Å²) in [6, 6.07) is 2.13. The Labute approximate surface area is 80.1 Å². The third-order valence-corrected chi connectivity index (χ3v) is 3.73. The van der Waals surface area contributed by atoms with Crippen LogP contribution in [0.3, 0.4) is 0 Å². The SMILES string of the molecule is O=C1Nc2sccc2[C@H]2CNC[C@@H]12. The Hall–Kier alpha value is -0.870. The van der Waals surface area contributed by atoms with Crippen LogP contribution >= 0.6 is 11.3 Å². The maximum absolute atomic E-state index is 11.6. The minimum Gasteiger partial charge on any atom is -0.317 e. The van der Waals surface area contributed by atoms with E-state index in [4.69, 9.17) is 0 Å². The van der Waals surface area contributed by atoms with Crippen LogP contribution in [0.1, 0.15) is 11.5 Å². The number of nitrogens with one attached hydrogen (secondary N) is 2. The number of amides is 1. The maximum atomic E-state index is 11.6. The number of anilines is 1. The number of thiophene rings is 1. The number of carbonyl (C=O) groups excluding carboxylic acids is 1. The number of fused-ring (bicyclic) bond motifs is 3. The zero-order valence-electron chi connectivity index (χ0n) is 7.04. The van der Waals surface area contributed by atoms with E-state index in [1.54, 1.807) is 11.3 Å². The fourth-order valence-corrected chi connectivity index (χ4v) is 3.06. The Morgan fingerprint density at radius 3 is 3.15 bits per heavy atom. The van der Waals surface area contributed by atoms with Gasteiger partial charge in [-0.1, -0.05) is 0 Å².